The summed E-state index contributed by atoms with van der Waals surface area (Å²) < 4.78 is 12.7. The van der Waals surface area contributed by atoms with E-state index in [9.17, 15) is 4.79 Å². The molecule has 154 valence electrons. The number of hydrogen-bond acceptors (Lipinski definition) is 4. The number of aromatic nitrogens is 2. The third-order valence-electron chi connectivity index (χ3n) is 5.29. The van der Waals surface area contributed by atoms with Gasteiger partial charge in [-0.05, 0) is 60.9 Å². The van der Waals surface area contributed by atoms with Gasteiger partial charge in [-0.2, -0.15) is 0 Å². The third kappa shape index (κ3) is 3.75. The van der Waals surface area contributed by atoms with Crippen molar-refractivity contribution < 1.29 is 14.3 Å². The molecule has 0 fully saturated rings. The quantitative estimate of drug-likeness (QED) is 0.480. The van der Waals surface area contributed by atoms with Crippen LogP contribution in [0.2, 0.25) is 0 Å². The topological polar surface area (TPSA) is 64.9 Å². The van der Waals surface area contributed by atoms with Crippen LogP contribution in [0, 0.1) is 13.8 Å². The van der Waals surface area contributed by atoms with E-state index in [0.717, 1.165) is 45.0 Å². The van der Waals surface area contributed by atoms with E-state index in [1.807, 2.05) is 79.2 Å². The minimum Gasteiger partial charge on any atom is -0.454 e. The molecule has 5 rings (SSSR count). The highest BCUT2D eigenvalue weighted by Gasteiger charge is 2.13. The molecule has 6 nitrogen and oxygen atoms in total. The van der Waals surface area contributed by atoms with Crippen LogP contribution < -0.4 is 14.8 Å². The predicted molar refractivity (Wildman–Crippen MR) is 120 cm³/mol. The monoisotopic (exact) mass is 411 g/mol. The molecule has 1 amide bonds. The van der Waals surface area contributed by atoms with E-state index in [4.69, 9.17) is 14.5 Å². The van der Waals surface area contributed by atoms with Gasteiger partial charge >= 0.3 is 0 Å². The lowest BCUT2D eigenvalue weighted by Crippen LogP contribution is -2.09. The number of nitrogens with zero attached hydrogens (tertiary/aromatic N) is 2. The predicted octanol–water partition coefficient (Wildman–Crippen LogP) is 5.00. The number of benzene rings is 2. The number of ether oxygens (including phenoxy) is 2. The van der Waals surface area contributed by atoms with Crippen LogP contribution in [-0.2, 0) is 4.79 Å². The number of aryl methyl sites for hydroxylation is 2. The summed E-state index contributed by atoms with van der Waals surface area (Å²) in [6.07, 6.45) is 7.24. The Morgan fingerprint density at radius 1 is 1.06 bits per heavy atom. The fourth-order valence-electron chi connectivity index (χ4n) is 3.57. The first-order chi connectivity index (χ1) is 15.1. The summed E-state index contributed by atoms with van der Waals surface area (Å²) in [7, 11) is 0. The number of imidazole rings is 1. The summed E-state index contributed by atoms with van der Waals surface area (Å²) in [5, 5.41) is 2.97. The van der Waals surface area contributed by atoms with Crippen LogP contribution in [0.3, 0.4) is 0 Å². The number of carbonyl (C=O) groups is 1. The first-order valence-corrected chi connectivity index (χ1v) is 10.0. The average molecular weight is 411 g/mol. The Labute approximate surface area is 179 Å². The molecule has 0 bridgehead atoms. The maximum absolute atomic E-state index is 12.5. The van der Waals surface area contributed by atoms with Gasteiger partial charge in [-0.15, -0.1) is 0 Å². The van der Waals surface area contributed by atoms with Gasteiger partial charge in [-0.1, -0.05) is 24.3 Å². The third-order valence-corrected chi connectivity index (χ3v) is 5.29. The maximum Gasteiger partial charge on any atom is 0.248 e. The molecule has 1 aliphatic heterocycles. The molecular weight excluding hydrogens is 390 g/mol. The van der Waals surface area contributed by atoms with Gasteiger partial charge in [0, 0.05) is 29.7 Å². The van der Waals surface area contributed by atoms with Crippen molar-refractivity contribution in [1.82, 2.24) is 9.38 Å². The zero-order valence-corrected chi connectivity index (χ0v) is 17.3. The molecule has 0 spiro atoms. The Morgan fingerprint density at radius 2 is 1.94 bits per heavy atom. The summed E-state index contributed by atoms with van der Waals surface area (Å²) in [5.74, 6) is 1.20. The Balaban J connectivity index is 1.36. The normalized spacial score (nSPS) is 12.6. The number of hydrogen-bond donors (Lipinski definition) is 1. The minimum atomic E-state index is -0.205. The van der Waals surface area contributed by atoms with Crippen LogP contribution >= 0.6 is 0 Å². The van der Waals surface area contributed by atoms with Crippen molar-refractivity contribution in [2.75, 3.05) is 12.1 Å². The number of pyridine rings is 1. The SMILES string of the molecule is Cc1ccc(-c2cn3cccc(C)c3n2)cc1NC(=O)/C=C/c1ccc2c(c1)OCO2. The van der Waals surface area contributed by atoms with E-state index in [2.05, 4.69) is 5.32 Å². The van der Waals surface area contributed by atoms with Crippen LogP contribution in [0.4, 0.5) is 5.69 Å². The number of fused-ring (bicyclic) bond motifs is 2. The van der Waals surface area contributed by atoms with Crippen LogP contribution in [0.25, 0.3) is 23.0 Å². The summed E-state index contributed by atoms with van der Waals surface area (Å²) >= 11 is 0. The molecule has 0 aliphatic carbocycles. The van der Waals surface area contributed by atoms with Crippen LogP contribution in [0.1, 0.15) is 16.7 Å². The largest absolute Gasteiger partial charge is 0.454 e. The molecule has 0 radical (unpaired) electrons. The number of carbonyl (C=O) groups excluding carboxylic acids is 1. The highest BCUT2D eigenvalue weighted by Crippen LogP contribution is 2.33. The highest BCUT2D eigenvalue weighted by atomic mass is 16.7. The summed E-state index contributed by atoms with van der Waals surface area (Å²) in [6, 6.07) is 15.6. The molecule has 6 heteroatoms. The lowest BCUT2D eigenvalue weighted by molar-refractivity contribution is -0.111. The molecule has 0 atom stereocenters. The van der Waals surface area contributed by atoms with Gasteiger partial charge in [-0.3, -0.25) is 4.79 Å². The van der Waals surface area contributed by atoms with E-state index in [1.54, 1.807) is 6.08 Å². The minimum absolute atomic E-state index is 0.205. The second-order valence-corrected chi connectivity index (χ2v) is 7.51. The second kappa shape index (κ2) is 7.65. The Hall–Kier alpha value is -4.06. The first kappa shape index (κ1) is 18.9. The lowest BCUT2D eigenvalue weighted by Gasteiger charge is -2.08. The van der Waals surface area contributed by atoms with Crippen molar-refractivity contribution in [2.24, 2.45) is 0 Å². The molecule has 2 aromatic carbocycles. The number of anilines is 1. The van der Waals surface area contributed by atoms with Crippen molar-refractivity contribution in [1.29, 1.82) is 0 Å². The van der Waals surface area contributed by atoms with E-state index in [-0.39, 0.29) is 12.7 Å². The molecule has 0 saturated heterocycles. The molecular formula is C25H21N3O3. The maximum atomic E-state index is 12.5. The van der Waals surface area contributed by atoms with Crippen molar-refractivity contribution in [2.45, 2.75) is 13.8 Å². The van der Waals surface area contributed by atoms with E-state index < -0.39 is 0 Å². The lowest BCUT2D eigenvalue weighted by atomic mass is 10.1. The van der Waals surface area contributed by atoms with E-state index in [0.29, 0.717) is 5.75 Å². The highest BCUT2D eigenvalue weighted by molar-refractivity contribution is 6.02. The molecule has 1 aliphatic rings. The summed E-state index contributed by atoms with van der Waals surface area (Å²) in [4.78, 5) is 17.3. The van der Waals surface area contributed by atoms with Crippen molar-refractivity contribution in [3.63, 3.8) is 0 Å². The van der Waals surface area contributed by atoms with Crippen molar-refractivity contribution in [3.05, 3.63) is 83.7 Å². The Morgan fingerprint density at radius 3 is 2.81 bits per heavy atom. The molecule has 3 heterocycles. The molecule has 4 aromatic rings. The zero-order valence-electron chi connectivity index (χ0n) is 17.3. The first-order valence-electron chi connectivity index (χ1n) is 10.0. The van der Waals surface area contributed by atoms with Crippen LogP contribution in [0.15, 0.2) is 67.0 Å². The second-order valence-electron chi connectivity index (χ2n) is 7.51. The van der Waals surface area contributed by atoms with Gasteiger partial charge in [-0.25, -0.2) is 4.98 Å². The van der Waals surface area contributed by atoms with Gasteiger partial charge in [0.05, 0.1) is 5.69 Å². The molecule has 31 heavy (non-hydrogen) atoms. The zero-order chi connectivity index (χ0) is 21.4. The number of amides is 1. The molecule has 2 aromatic heterocycles. The fraction of sp³-hybridized carbons (Fsp3) is 0.120. The Kier molecular flexibility index (Phi) is 4.67. The van der Waals surface area contributed by atoms with E-state index in [1.165, 1.54) is 6.08 Å². The van der Waals surface area contributed by atoms with Crippen LogP contribution in [0.5, 0.6) is 11.5 Å². The smallest absolute Gasteiger partial charge is 0.248 e. The molecule has 1 N–H and O–H groups in total. The standard InChI is InChI=1S/C25H21N3O3/c1-16-5-8-19(21-14-28-11-3-4-17(2)25(28)27-21)13-20(16)26-24(29)10-7-18-6-9-22-23(12-18)31-15-30-22/h3-14H,15H2,1-2H3,(H,26,29)/b10-7+. The summed E-state index contributed by atoms with van der Waals surface area (Å²) in [6.45, 7) is 4.23. The van der Waals surface area contributed by atoms with Gasteiger partial charge in [0.25, 0.3) is 0 Å². The Bertz CT molecular complexity index is 1340. The molecule has 0 saturated carbocycles. The summed E-state index contributed by atoms with van der Waals surface area (Å²) in [5.41, 5.74) is 6.45. The van der Waals surface area contributed by atoms with Crippen molar-refractivity contribution in [3.8, 4) is 22.8 Å². The van der Waals surface area contributed by atoms with Gasteiger partial charge < -0.3 is 19.2 Å². The van der Waals surface area contributed by atoms with Gasteiger partial charge in [0.1, 0.15) is 5.65 Å². The molecule has 0 unspecified atom stereocenters. The van der Waals surface area contributed by atoms with E-state index >= 15 is 0 Å². The van der Waals surface area contributed by atoms with Gasteiger partial charge in [0.15, 0.2) is 11.5 Å². The number of nitrogens with one attached hydrogen (secondary N) is 1. The van der Waals surface area contributed by atoms with Crippen LogP contribution in [-0.4, -0.2) is 22.1 Å². The van der Waals surface area contributed by atoms with Crippen molar-refractivity contribution >= 4 is 23.3 Å². The average Bonchev–Trinajstić information content (AvgIpc) is 3.41. The fourth-order valence-corrected chi connectivity index (χ4v) is 3.57. The number of rotatable bonds is 4. The van der Waals surface area contributed by atoms with Gasteiger partial charge in [0.2, 0.25) is 12.7 Å².